The standard InChI is InChI=1S/C15H24N2/c1-12-3-5-14(6-4-12)15(11-16)17-9-7-13(2)8-10-17/h3-6,13,15H,7-11,16H2,1-2H3/t15-/m0/s1. The van der Waals surface area contributed by atoms with Crippen molar-refractivity contribution >= 4 is 0 Å². The zero-order valence-corrected chi connectivity index (χ0v) is 11.0. The highest BCUT2D eigenvalue weighted by atomic mass is 15.2. The van der Waals surface area contributed by atoms with Crippen LogP contribution in [0.5, 0.6) is 0 Å². The molecule has 0 spiro atoms. The Morgan fingerprint density at radius 3 is 2.35 bits per heavy atom. The summed E-state index contributed by atoms with van der Waals surface area (Å²) in [6.07, 6.45) is 2.62. The van der Waals surface area contributed by atoms with Crippen LogP contribution in [-0.4, -0.2) is 24.5 Å². The van der Waals surface area contributed by atoms with E-state index in [9.17, 15) is 0 Å². The highest BCUT2D eigenvalue weighted by Crippen LogP contribution is 2.26. The molecular weight excluding hydrogens is 208 g/mol. The summed E-state index contributed by atoms with van der Waals surface area (Å²) in [7, 11) is 0. The van der Waals surface area contributed by atoms with Gasteiger partial charge in [0.2, 0.25) is 0 Å². The fourth-order valence-electron chi connectivity index (χ4n) is 2.62. The lowest BCUT2D eigenvalue weighted by molar-refractivity contribution is 0.141. The molecule has 1 aliphatic rings. The Kier molecular flexibility index (Phi) is 4.19. The number of piperidine rings is 1. The second-order valence-corrected chi connectivity index (χ2v) is 5.38. The van der Waals surface area contributed by atoms with Crippen molar-refractivity contribution in [2.75, 3.05) is 19.6 Å². The Morgan fingerprint density at radius 1 is 1.24 bits per heavy atom. The first kappa shape index (κ1) is 12.6. The number of nitrogens with two attached hydrogens (primary N) is 1. The van der Waals surface area contributed by atoms with Crippen molar-refractivity contribution in [3.05, 3.63) is 35.4 Å². The van der Waals surface area contributed by atoms with Crippen LogP contribution in [0.3, 0.4) is 0 Å². The van der Waals surface area contributed by atoms with Gasteiger partial charge in [0.05, 0.1) is 0 Å². The Labute approximate surface area is 105 Å². The molecule has 1 fully saturated rings. The molecule has 1 saturated heterocycles. The van der Waals surface area contributed by atoms with Crippen molar-refractivity contribution in [3.63, 3.8) is 0 Å². The quantitative estimate of drug-likeness (QED) is 0.868. The van der Waals surface area contributed by atoms with E-state index in [1.54, 1.807) is 0 Å². The van der Waals surface area contributed by atoms with Gasteiger partial charge in [-0.25, -0.2) is 0 Å². The third-order valence-corrected chi connectivity index (χ3v) is 3.94. The average Bonchev–Trinajstić information content (AvgIpc) is 2.35. The van der Waals surface area contributed by atoms with Crippen molar-refractivity contribution in [1.82, 2.24) is 4.90 Å². The van der Waals surface area contributed by atoms with Gasteiger partial charge in [0.1, 0.15) is 0 Å². The maximum Gasteiger partial charge on any atom is 0.0470 e. The predicted octanol–water partition coefficient (Wildman–Crippen LogP) is 2.73. The zero-order valence-electron chi connectivity index (χ0n) is 11.0. The molecule has 2 N–H and O–H groups in total. The molecule has 1 atom stereocenters. The summed E-state index contributed by atoms with van der Waals surface area (Å²) in [5.74, 6) is 0.877. The van der Waals surface area contributed by atoms with Gasteiger partial charge in [-0.1, -0.05) is 36.8 Å². The lowest BCUT2D eigenvalue weighted by Crippen LogP contribution is -2.39. The second-order valence-electron chi connectivity index (χ2n) is 5.38. The number of hydrogen-bond acceptors (Lipinski definition) is 2. The van der Waals surface area contributed by atoms with Gasteiger partial charge < -0.3 is 5.73 Å². The zero-order chi connectivity index (χ0) is 12.3. The SMILES string of the molecule is Cc1ccc([C@H](CN)N2CCC(C)CC2)cc1. The molecule has 0 radical (unpaired) electrons. The molecule has 94 valence electrons. The maximum atomic E-state index is 5.97. The maximum absolute atomic E-state index is 5.97. The van der Waals surface area contributed by atoms with Crippen LogP contribution in [0.15, 0.2) is 24.3 Å². The van der Waals surface area contributed by atoms with E-state index >= 15 is 0 Å². The third-order valence-electron chi connectivity index (χ3n) is 3.94. The van der Waals surface area contributed by atoms with E-state index in [0.29, 0.717) is 6.04 Å². The van der Waals surface area contributed by atoms with Crippen molar-refractivity contribution in [1.29, 1.82) is 0 Å². The number of hydrogen-bond donors (Lipinski definition) is 1. The van der Waals surface area contributed by atoms with Crippen LogP contribution in [0.4, 0.5) is 0 Å². The van der Waals surface area contributed by atoms with Crippen molar-refractivity contribution in [3.8, 4) is 0 Å². The fraction of sp³-hybridized carbons (Fsp3) is 0.600. The molecule has 1 aromatic rings. The van der Waals surface area contributed by atoms with Crippen molar-refractivity contribution < 1.29 is 0 Å². The van der Waals surface area contributed by atoms with E-state index in [-0.39, 0.29) is 0 Å². The number of rotatable bonds is 3. The van der Waals surface area contributed by atoms with E-state index in [0.717, 1.165) is 12.5 Å². The second kappa shape index (κ2) is 5.65. The van der Waals surface area contributed by atoms with Gasteiger partial charge in [-0.05, 0) is 44.3 Å². The smallest absolute Gasteiger partial charge is 0.0470 e. The Morgan fingerprint density at radius 2 is 1.82 bits per heavy atom. The normalized spacial score (nSPS) is 20.4. The third kappa shape index (κ3) is 3.08. The first-order valence-electron chi connectivity index (χ1n) is 6.71. The first-order valence-corrected chi connectivity index (χ1v) is 6.71. The van der Waals surface area contributed by atoms with Gasteiger partial charge in [0.15, 0.2) is 0 Å². The number of likely N-dealkylation sites (tertiary alicyclic amines) is 1. The van der Waals surface area contributed by atoms with Gasteiger partial charge in [-0.2, -0.15) is 0 Å². The lowest BCUT2D eigenvalue weighted by Gasteiger charge is -2.36. The summed E-state index contributed by atoms with van der Waals surface area (Å²) in [4.78, 5) is 2.55. The molecule has 0 aromatic heterocycles. The molecule has 2 nitrogen and oxygen atoms in total. The van der Waals surface area contributed by atoms with Gasteiger partial charge in [0, 0.05) is 12.6 Å². The summed E-state index contributed by atoms with van der Waals surface area (Å²) in [6, 6.07) is 9.23. The summed E-state index contributed by atoms with van der Waals surface area (Å²) in [6.45, 7) is 7.58. The molecule has 0 saturated carbocycles. The van der Waals surface area contributed by atoms with Crippen molar-refractivity contribution in [2.24, 2.45) is 11.7 Å². The molecular formula is C15H24N2. The lowest BCUT2D eigenvalue weighted by atomic mass is 9.95. The molecule has 1 heterocycles. The highest BCUT2D eigenvalue weighted by molar-refractivity contribution is 5.24. The molecule has 0 bridgehead atoms. The number of benzene rings is 1. The molecule has 1 aromatic carbocycles. The van der Waals surface area contributed by atoms with Crippen LogP contribution < -0.4 is 5.73 Å². The number of nitrogens with zero attached hydrogens (tertiary/aromatic N) is 1. The average molecular weight is 232 g/mol. The van der Waals surface area contributed by atoms with Crippen LogP contribution in [0.1, 0.15) is 36.9 Å². The molecule has 1 aliphatic heterocycles. The minimum atomic E-state index is 0.406. The first-order chi connectivity index (χ1) is 8.20. The van der Waals surface area contributed by atoms with Crippen LogP contribution in [0, 0.1) is 12.8 Å². The van der Waals surface area contributed by atoms with E-state index in [1.807, 2.05) is 0 Å². The Balaban J connectivity index is 2.08. The number of aryl methyl sites for hydroxylation is 1. The van der Waals surface area contributed by atoms with E-state index in [1.165, 1.54) is 37.1 Å². The van der Waals surface area contributed by atoms with Crippen LogP contribution in [-0.2, 0) is 0 Å². The van der Waals surface area contributed by atoms with Crippen LogP contribution in [0.25, 0.3) is 0 Å². The fourth-order valence-corrected chi connectivity index (χ4v) is 2.62. The highest BCUT2D eigenvalue weighted by Gasteiger charge is 2.23. The van der Waals surface area contributed by atoms with Gasteiger partial charge in [0.25, 0.3) is 0 Å². The summed E-state index contributed by atoms with van der Waals surface area (Å²) >= 11 is 0. The molecule has 0 amide bonds. The minimum absolute atomic E-state index is 0.406. The summed E-state index contributed by atoms with van der Waals surface area (Å²) < 4.78 is 0. The molecule has 0 unspecified atom stereocenters. The van der Waals surface area contributed by atoms with E-state index < -0.39 is 0 Å². The predicted molar refractivity (Wildman–Crippen MR) is 72.9 cm³/mol. The van der Waals surface area contributed by atoms with Gasteiger partial charge >= 0.3 is 0 Å². The Bertz CT molecular complexity index is 336. The van der Waals surface area contributed by atoms with Gasteiger partial charge in [-0.15, -0.1) is 0 Å². The monoisotopic (exact) mass is 232 g/mol. The van der Waals surface area contributed by atoms with Crippen LogP contribution >= 0.6 is 0 Å². The topological polar surface area (TPSA) is 29.3 Å². The minimum Gasteiger partial charge on any atom is -0.329 e. The summed E-state index contributed by atoms with van der Waals surface area (Å²) in [5, 5.41) is 0. The largest absolute Gasteiger partial charge is 0.329 e. The molecule has 2 rings (SSSR count). The molecule has 0 aliphatic carbocycles. The summed E-state index contributed by atoms with van der Waals surface area (Å²) in [5.41, 5.74) is 8.65. The van der Waals surface area contributed by atoms with E-state index in [2.05, 4.69) is 43.0 Å². The van der Waals surface area contributed by atoms with Crippen molar-refractivity contribution in [2.45, 2.75) is 32.7 Å². The van der Waals surface area contributed by atoms with E-state index in [4.69, 9.17) is 5.73 Å². The Hall–Kier alpha value is -0.860. The van der Waals surface area contributed by atoms with Crippen LogP contribution in [0.2, 0.25) is 0 Å². The molecule has 2 heteroatoms. The molecule has 17 heavy (non-hydrogen) atoms. The van der Waals surface area contributed by atoms with Gasteiger partial charge in [-0.3, -0.25) is 4.90 Å².